The molecule has 1 atom stereocenters. The molecule has 7 nitrogen and oxygen atoms in total. The number of benzene rings is 2. The third kappa shape index (κ3) is 2.77. The van der Waals surface area contributed by atoms with Gasteiger partial charge in [0.1, 0.15) is 11.6 Å². The molecule has 0 saturated heterocycles. The number of H-pyrrole nitrogens is 1. The summed E-state index contributed by atoms with van der Waals surface area (Å²) in [5, 5.41) is 27.2. The largest absolute Gasteiger partial charge is 0.503 e. The second-order valence-corrected chi connectivity index (χ2v) is 7.02. The minimum atomic E-state index is -0.548. The van der Waals surface area contributed by atoms with Gasteiger partial charge in [-0.15, -0.1) is 5.10 Å². The fourth-order valence-electron chi connectivity index (χ4n) is 3.32. The van der Waals surface area contributed by atoms with Crippen LogP contribution in [0.4, 0.5) is 0 Å². The first-order chi connectivity index (χ1) is 13.5. The third-order valence-corrected chi connectivity index (χ3v) is 5.21. The van der Waals surface area contributed by atoms with Crippen molar-refractivity contribution in [2.45, 2.75) is 5.92 Å². The first-order valence-corrected chi connectivity index (χ1v) is 9.12. The maximum Gasteiger partial charge on any atom is 0.244 e. The molecule has 0 aliphatic carbocycles. The summed E-state index contributed by atoms with van der Waals surface area (Å²) in [5.41, 5.74) is 9.27. The van der Waals surface area contributed by atoms with E-state index in [1.807, 2.05) is 30.3 Å². The molecule has 2 heterocycles. The fraction of sp³-hybridized carbons (Fsp3) is 0.100. The Labute approximate surface area is 169 Å². The van der Waals surface area contributed by atoms with E-state index >= 15 is 0 Å². The second-order valence-electron chi connectivity index (χ2n) is 6.16. The number of nitriles is 1. The Kier molecular flexibility index (Phi) is 4.45. The van der Waals surface area contributed by atoms with Gasteiger partial charge in [-0.2, -0.15) is 5.26 Å². The number of ether oxygens (including phenoxy) is 2. The average Bonchev–Trinajstić information content (AvgIpc) is 3.12. The predicted molar refractivity (Wildman–Crippen MR) is 106 cm³/mol. The van der Waals surface area contributed by atoms with Gasteiger partial charge in [0.05, 0.1) is 28.8 Å². The van der Waals surface area contributed by atoms with Gasteiger partial charge in [-0.3, -0.25) is 5.10 Å². The lowest BCUT2D eigenvalue weighted by atomic mass is 9.83. The number of allylic oxidation sites excluding steroid dienone is 1. The van der Waals surface area contributed by atoms with E-state index in [0.717, 1.165) is 11.3 Å². The number of phenolic OH excluding ortho intramolecular Hbond substituents is 1. The average molecular weight is 439 g/mol. The summed E-state index contributed by atoms with van der Waals surface area (Å²) in [5.74, 6) is 0.00815. The van der Waals surface area contributed by atoms with E-state index in [2.05, 4.69) is 32.2 Å². The summed E-state index contributed by atoms with van der Waals surface area (Å²) in [6.07, 6.45) is 0. The molecular weight excluding hydrogens is 424 g/mol. The molecule has 8 heteroatoms. The van der Waals surface area contributed by atoms with E-state index in [1.165, 1.54) is 7.11 Å². The van der Waals surface area contributed by atoms with Gasteiger partial charge in [0.2, 0.25) is 11.8 Å². The molecule has 4 rings (SSSR count). The number of rotatable bonds is 3. The first kappa shape index (κ1) is 17.9. The van der Waals surface area contributed by atoms with Crippen LogP contribution < -0.4 is 15.2 Å². The number of aromatic hydroxyl groups is 1. The van der Waals surface area contributed by atoms with Crippen LogP contribution in [0, 0.1) is 11.3 Å². The standard InChI is InChI=1S/C20H15BrN4O3/c1-27-14-8-11(7-13(21)18(14)26)15-12(9-22)19(23)28-20-16(15)17(24-25-20)10-5-3-2-4-6-10/h2-8,15,26H,23H2,1H3,(H,24,25). The molecule has 2 aromatic carbocycles. The number of hydrogen-bond donors (Lipinski definition) is 3. The van der Waals surface area contributed by atoms with Crippen LogP contribution in [-0.2, 0) is 0 Å². The maximum absolute atomic E-state index is 10.2. The summed E-state index contributed by atoms with van der Waals surface area (Å²) in [4.78, 5) is 0. The molecular formula is C20H15BrN4O3. The third-order valence-electron chi connectivity index (χ3n) is 4.61. The second kappa shape index (κ2) is 6.94. The molecule has 4 N–H and O–H groups in total. The highest BCUT2D eigenvalue weighted by Gasteiger charge is 2.36. The molecule has 0 bridgehead atoms. The lowest BCUT2D eigenvalue weighted by Crippen LogP contribution is -2.21. The molecule has 3 aromatic rings. The molecule has 28 heavy (non-hydrogen) atoms. The number of phenols is 1. The molecule has 140 valence electrons. The van der Waals surface area contributed by atoms with Crippen molar-refractivity contribution < 1.29 is 14.6 Å². The van der Waals surface area contributed by atoms with Crippen LogP contribution in [-0.4, -0.2) is 22.4 Å². The highest BCUT2D eigenvalue weighted by atomic mass is 79.9. The van der Waals surface area contributed by atoms with Gasteiger partial charge in [-0.25, -0.2) is 0 Å². The number of nitrogens with one attached hydrogen (secondary N) is 1. The van der Waals surface area contributed by atoms with Crippen molar-refractivity contribution in [2.24, 2.45) is 5.73 Å². The fourth-order valence-corrected chi connectivity index (χ4v) is 3.78. The topological polar surface area (TPSA) is 117 Å². The van der Waals surface area contributed by atoms with Gasteiger partial charge in [0.25, 0.3) is 0 Å². The zero-order valence-corrected chi connectivity index (χ0v) is 16.3. The number of aromatic nitrogens is 2. The predicted octanol–water partition coefficient (Wildman–Crippen LogP) is 3.77. The molecule has 1 aromatic heterocycles. The Hall–Kier alpha value is -3.44. The van der Waals surface area contributed by atoms with Crippen molar-refractivity contribution in [1.82, 2.24) is 10.2 Å². The molecule has 0 radical (unpaired) electrons. The number of halogens is 1. The summed E-state index contributed by atoms with van der Waals surface area (Å²) in [6, 6.07) is 15.2. The minimum absolute atomic E-state index is 0.00530. The van der Waals surface area contributed by atoms with E-state index in [-0.39, 0.29) is 23.0 Å². The molecule has 1 aliphatic rings. The van der Waals surface area contributed by atoms with Crippen molar-refractivity contribution >= 4 is 15.9 Å². The lowest BCUT2D eigenvalue weighted by Gasteiger charge is -2.24. The van der Waals surface area contributed by atoms with E-state index in [0.29, 0.717) is 21.5 Å². The van der Waals surface area contributed by atoms with Gasteiger partial charge in [-0.1, -0.05) is 30.3 Å². The lowest BCUT2D eigenvalue weighted by molar-refractivity contribution is 0.369. The number of nitrogens with two attached hydrogens (primary N) is 1. The normalized spacial score (nSPS) is 15.5. The van der Waals surface area contributed by atoms with E-state index in [4.69, 9.17) is 15.2 Å². The Morgan fingerprint density at radius 3 is 2.75 bits per heavy atom. The molecule has 1 aliphatic heterocycles. The smallest absolute Gasteiger partial charge is 0.244 e. The molecule has 0 amide bonds. The van der Waals surface area contributed by atoms with Crippen molar-refractivity contribution in [3.63, 3.8) is 0 Å². The Morgan fingerprint density at radius 1 is 1.32 bits per heavy atom. The van der Waals surface area contributed by atoms with Crippen molar-refractivity contribution in [1.29, 1.82) is 5.26 Å². The summed E-state index contributed by atoms with van der Waals surface area (Å²) >= 11 is 3.34. The summed E-state index contributed by atoms with van der Waals surface area (Å²) in [7, 11) is 1.46. The van der Waals surface area contributed by atoms with Crippen LogP contribution in [0.25, 0.3) is 11.3 Å². The van der Waals surface area contributed by atoms with Crippen LogP contribution in [0.5, 0.6) is 17.4 Å². The Morgan fingerprint density at radius 2 is 2.07 bits per heavy atom. The van der Waals surface area contributed by atoms with Gasteiger partial charge in [0, 0.05) is 0 Å². The molecule has 0 saturated carbocycles. The van der Waals surface area contributed by atoms with Crippen molar-refractivity contribution in [2.75, 3.05) is 7.11 Å². The van der Waals surface area contributed by atoms with Crippen LogP contribution in [0.2, 0.25) is 0 Å². The van der Waals surface area contributed by atoms with Crippen molar-refractivity contribution in [3.8, 4) is 34.7 Å². The van der Waals surface area contributed by atoms with Gasteiger partial charge in [-0.05, 0) is 39.2 Å². The van der Waals surface area contributed by atoms with Crippen LogP contribution in [0.1, 0.15) is 17.0 Å². The number of fused-ring (bicyclic) bond motifs is 1. The van der Waals surface area contributed by atoms with Crippen LogP contribution in [0.15, 0.2) is 58.4 Å². The number of hydrogen-bond acceptors (Lipinski definition) is 6. The maximum atomic E-state index is 10.2. The summed E-state index contributed by atoms with van der Waals surface area (Å²) < 4.78 is 11.3. The molecule has 0 spiro atoms. The Balaban J connectivity index is 1.98. The van der Waals surface area contributed by atoms with E-state index in [9.17, 15) is 10.4 Å². The summed E-state index contributed by atoms with van der Waals surface area (Å²) in [6.45, 7) is 0. The number of nitrogens with zero attached hydrogens (tertiary/aromatic N) is 2. The number of methoxy groups -OCH3 is 1. The first-order valence-electron chi connectivity index (χ1n) is 8.32. The van der Waals surface area contributed by atoms with E-state index < -0.39 is 5.92 Å². The zero-order valence-electron chi connectivity index (χ0n) is 14.7. The van der Waals surface area contributed by atoms with Gasteiger partial charge in [0.15, 0.2) is 11.5 Å². The number of aromatic amines is 1. The minimum Gasteiger partial charge on any atom is -0.503 e. The van der Waals surface area contributed by atoms with Gasteiger partial charge >= 0.3 is 0 Å². The van der Waals surface area contributed by atoms with Crippen molar-refractivity contribution in [3.05, 3.63) is 69.5 Å². The Bertz CT molecular complexity index is 1130. The quantitative estimate of drug-likeness (QED) is 0.572. The highest BCUT2D eigenvalue weighted by Crippen LogP contribution is 2.48. The monoisotopic (exact) mass is 438 g/mol. The molecule has 1 unspecified atom stereocenters. The zero-order chi connectivity index (χ0) is 19.8. The van der Waals surface area contributed by atoms with Crippen LogP contribution >= 0.6 is 15.9 Å². The highest BCUT2D eigenvalue weighted by molar-refractivity contribution is 9.10. The SMILES string of the molecule is COc1cc(C2C(C#N)=C(N)Oc3n[nH]c(-c4ccccc4)c32)cc(Br)c1O. The molecule has 0 fully saturated rings. The van der Waals surface area contributed by atoms with E-state index in [1.54, 1.807) is 12.1 Å². The van der Waals surface area contributed by atoms with Gasteiger partial charge < -0.3 is 20.3 Å². The van der Waals surface area contributed by atoms with Crippen LogP contribution in [0.3, 0.4) is 0 Å².